The van der Waals surface area contributed by atoms with Gasteiger partial charge in [0.15, 0.2) is 0 Å². The topological polar surface area (TPSA) is 49.7 Å². The summed E-state index contributed by atoms with van der Waals surface area (Å²) in [6, 6.07) is 7.83. The molecule has 90 valence electrons. The lowest BCUT2D eigenvalue weighted by molar-refractivity contribution is 0.288. The molecule has 1 aromatic carbocycles. The molecule has 0 radical (unpaired) electrons. The first-order chi connectivity index (χ1) is 8.24. The van der Waals surface area contributed by atoms with Crippen LogP contribution in [0.5, 0.6) is 0 Å². The second kappa shape index (κ2) is 6.76. The number of allylic oxidation sites excluding steroid dienone is 2. The normalized spacial score (nSPS) is 11.9. The van der Waals surface area contributed by atoms with Crippen LogP contribution in [0.25, 0.3) is 5.57 Å². The van der Waals surface area contributed by atoms with Gasteiger partial charge < -0.3 is 5.11 Å². The molecule has 0 amide bonds. The SMILES string of the molecule is C=C/C(N=O)=C(/C)c1ccccc1CCCO. The summed E-state index contributed by atoms with van der Waals surface area (Å²) in [4.78, 5) is 10.7. The molecule has 1 N–H and O–H groups in total. The quantitative estimate of drug-likeness (QED) is 0.603. The Labute approximate surface area is 101 Å². The fourth-order valence-corrected chi connectivity index (χ4v) is 1.77. The van der Waals surface area contributed by atoms with Crippen LogP contribution in [0.4, 0.5) is 0 Å². The van der Waals surface area contributed by atoms with Crippen LogP contribution < -0.4 is 0 Å². The van der Waals surface area contributed by atoms with Crippen molar-refractivity contribution in [1.29, 1.82) is 0 Å². The largest absolute Gasteiger partial charge is 0.396 e. The van der Waals surface area contributed by atoms with E-state index in [1.807, 2.05) is 31.2 Å². The predicted octanol–water partition coefficient (Wildman–Crippen LogP) is 3.29. The molecule has 0 saturated carbocycles. The van der Waals surface area contributed by atoms with Crippen molar-refractivity contribution in [3.63, 3.8) is 0 Å². The van der Waals surface area contributed by atoms with Crippen molar-refractivity contribution in [2.24, 2.45) is 5.18 Å². The van der Waals surface area contributed by atoms with Crippen molar-refractivity contribution in [3.05, 3.63) is 58.7 Å². The predicted molar refractivity (Wildman–Crippen MR) is 70.4 cm³/mol. The van der Waals surface area contributed by atoms with Gasteiger partial charge in [0.1, 0.15) is 5.70 Å². The fourth-order valence-electron chi connectivity index (χ4n) is 1.77. The van der Waals surface area contributed by atoms with Crippen LogP contribution in [-0.4, -0.2) is 11.7 Å². The number of aryl methyl sites for hydroxylation is 1. The first-order valence-electron chi connectivity index (χ1n) is 5.60. The maximum atomic E-state index is 10.7. The summed E-state index contributed by atoms with van der Waals surface area (Å²) in [7, 11) is 0. The minimum absolute atomic E-state index is 0.164. The zero-order valence-corrected chi connectivity index (χ0v) is 10.0. The lowest BCUT2D eigenvalue weighted by atomic mass is 9.96. The van der Waals surface area contributed by atoms with Crippen molar-refractivity contribution < 1.29 is 5.11 Å². The third kappa shape index (κ3) is 3.36. The van der Waals surface area contributed by atoms with Crippen LogP contribution in [0.2, 0.25) is 0 Å². The molecule has 3 heteroatoms. The van der Waals surface area contributed by atoms with E-state index in [4.69, 9.17) is 5.11 Å². The van der Waals surface area contributed by atoms with Crippen molar-refractivity contribution in [2.45, 2.75) is 19.8 Å². The third-order valence-electron chi connectivity index (χ3n) is 2.70. The number of nitrogens with zero attached hydrogens (tertiary/aromatic N) is 1. The van der Waals surface area contributed by atoms with Gasteiger partial charge in [-0.05, 0) is 47.7 Å². The molecule has 3 nitrogen and oxygen atoms in total. The molecule has 0 spiro atoms. The molecule has 0 bridgehead atoms. The second-order valence-electron chi connectivity index (χ2n) is 3.79. The Morgan fingerprint density at radius 3 is 2.76 bits per heavy atom. The van der Waals surface area contributed by atoms with Gasteiger partial charge in [-0.15, -0.1) is 4.91 Å². The van der Waals surface area contributed by atoms with Crippen molar-refractivity contribution in [3.8, 4) is 0 Å². The minimum Gasteiger partial charge on any atom is -0.396 e. The second-order valence-corrected chi connectivity index (χ2v) is 3.79. The highest BCUT2D eigenvalue weighted by atomic mass is 16.3. The van der Waals surface area contributed by atoms with E-state index in [-0.39, 0.29) is 6.61 Å². The van der Waals surface area contributed by atoms with Crippen LogP contribution >= 0.6 is 0 Å². The van der Waals surface area contributed by atoms with Gasteiger partial charge in [0.2, 0.25) is 0 Å². The molecule has 0 atom stereocenters. The molecule has 0 fully saturated rings. The minimum atomic E-state index is 0.164. The summed E-state index contributed by atoms with van der Waals surface area (Å²) < 4.78 is 0. The number of hydrogen-bond acceptors (Lipinski definition) is 3. The van der Waals surface area contributed by atoms with Crippen LogP contribution in [0.3, 0.4) is 0 Å². The van der Waals surface area contributed by atoms with Gasteiger partial charge in [-0.3, -0.25) is 0 Å². The van der Waals surface area contributed by atoms with Gasteiger partial charge in [-0.2, -0.15) is 0 Å². The van der Waals surface area contributed by atoms with Crippen LogP contribution in [-0.2, 0) is 6.42 Å². The van der Waals surface area contributed by atoms with Gasteiger partial charge in [0, 0.05) is 6.61 Å². The van der Waals surface area contributed by atoms with Gasteiger partial charge in [0.05, 0.1) is 0 Å². The Balaban J connectivity index is 3.16. The van der Waals surface area contributed by atoms with E-state index in [0.717, 1.165) is 23.1 Å². The van der Waals surface area contributed by atoms with Gasteiger partial charge in [-0.25, -0.2) is 0 Å². The molecule has 0 aliphatic carbocycles. The molecule has 1 rings (SSSR count). The Morgan fingerprint density at radius 1 is 1.47 bits per heavy atom. The Bertz CT molecular complexity index is 426. The van der Waals surface area contributed by atoms with E-state index in [0.29, 0.717) is 12.1 Å². The summed E-state index contributed by atoms with van der Waals surface area (Å²) in [6.45, 7) is 5.60. The Hall–Kier alpha value is -1.74. The van der Waals surface area contributed by atoms with Crippen molar-refractivity contribution in [1.82, 2.24) is 0 Å². The first-order valence-corrected chi connectivity index (χ1v) is 5.60. The Morgan fingerprint density at radius 2 is 2.18 bits per heavy atom. The molecular weight excluding hydrogens is 214 g/mol. The molecule has 1 aromatic rings. The van der Waals surface area contributed by atoms with Crippen LogP contribution in [0, 0.1) is 4.91 Å². The summed E-state index contributed by atoms with van der Waals surface area (Å²) in [5, 5.41) is 11.8. The molecule has 0 aromatic heterocycles. The smallest absolute Gasteiger partial charge is 0.110 e. The van der Waals surface area contributed by atoms with Crippen molar-refractivity contribution in [2.75, 3.05) is 6.61 Å². The molecule has 0 aliphatic heterocycles. The number of nitroso groups, excluding NO2 is 1. The average Bonchev–Trinajstić information content (AvgIpc) is 2.38. The maximum absolute atomic E-state index is 10.7. The Kier molecular flexibility index (Phi) is 5.30. The van der Waals surface area contributed by atoms with E-state index in [9.17, 15) is 4.91 Å². The highest BCUT2D eigenvalue weighted by Crippen LogP contribution is 2.24. The molecule has 0 heterocycles. The first kappa shape index (κ1) is 13.3. The van der Waals surface area contributed by atoms with Crippen LogP contribution in [0.15, 0.2) is 47.8 Å². The average molecular weight is 231 g/mol. The summed E-state index contributed by atoms with van der Waals surface area (Å²) in [5.41, 5.74) is 3.29. The molecular formula is C14H17NO2. The van der Waals surface area contributed by atoms with Gasteiger partial charge >= 0.3 is 0 Å². The number of aliphatic hydroxyl groups excluding tert-OH is 1. The zero-order chi connectivity index (χ0) is 12.7. The summed E-state index contributed by atoms with van der Waals surface area (Å²) in [6.07, 6.45) is 2.96. The maximum Gasteiger partial charge on any atom is 0.110 e. The van der Waals surface area contributed by atoms with Gasteiger partial charge in [-0.1, -0.05) is 30.8 Å². The highest BCUT2D eigenvalue weighted by Gasteiger charge is 2.07. The van der Waals surface area contributed by atoms with E-state index < -0.39 is 0 Å². The fraction of sp³-hybridized carbons (Fsp3) is 0.286. The summed E-state index contributed by atoms with van der Waals surface area (Å²) in [5.74, 6) is 0. The lowest BCUT2D eigenvalue weighted by Crippen LogP contribution is -1.95. The van der Waals surface area contributed by atoms with E-state index in [1.54, 1.807) is 0 Å². The van der Waals surface area contributed by atoms with E-state index in [1.165, 1.54) is 6.08 Å². The van der Waals surface area contributed by atoms with E-state index in [2.05, 4.69) is 11.8 Å². The summed E-state index contributed by atoms with van der Waals surface area (Å²) >= 11 is 0. The number of rotatable bonds is 6. The van der Waals surface area contributed by atoms with E-state index >= 15 is 0 Å². The molecule has 0 aliphatic rings. The number of benzene rings is 1. The zero-order valence-electron chi connectivity index (χ0n) is 10.0. The van der Waals surface area contributed by atoms with Gasteiger partial charge in [0.25, 0.3) is 0 Å². The number of hydrogen-bond donors (Lipinski definition) is 1. The lowest BCUT2D eigenvalue weighted by Gasteiger charge is -2.10. The number of aliphatic hydroxyl groups is 1. The van der Waals surface area contributed by atoms with Crippen LogP contribution in [0.1, 0.15) is 24.5 Å². The standard InChI is InChI=1S/C14H17NO2/c1-3-14(15-17)11(2)13-9-5-4-7-12(13)8-6-10-16/h3-5,7,9,16H,1,6,8,10H2,2H3/b14-11+. The third-order valence-corrected chi connectivity index (χ3v) is 2.70. The highest BCUT2D eigenvalue weighted by molar-refractivity contribution is 5.71. The molecule has 17 heavy (non-hydrogen) atoms. The molecule has 0 saturated heterocycles. The monoisotopic (exact) mass is 231 g/mol. The van der Waals surface area contributed by atoms with Crippen molar-refractivity contribution >= 4 is 5.57 Å². The molecule has 0 unspecified atom stereocenters.